The molecule has 4 rings (SSSR count). The monoisotopic (exact) mass is 434 g/mol. The lowest BCUT2D eigenvalue weighted by Crippen LogP contribution is -2.46. The summed E-state index contributed by atoms with van der Waals surface area (Å²) in [4.78, 5) is 4.25. The van der Waals surface area contributed by atoms with Gasteiger partial charge in [-0.1, -0.05) is 29.4 Å². The normalized spacial score (nSPS) is 15.3. The van der Waals surface area contributed by atoms with Crippen LogP contribution in [0.2, 0.25) is 0 Å². The average molecular weight is 434 g/mol. The minimum atomic E-state index is -4.78. The first-order valence-electron chi connectivity index (χ1n) is 9.65. The number of aromatic hydroxyl groups is 1. The minimum Gasteiger partial charge on any atom is -0.506 e. The van der Waals surface area contributed by atoms with Crippen LogP contribution in [0, 0.1) is 0 Å². The number of alkyl halides is 3. The van der Waals surface area contributed by atoms with E-state index in [-0.39, 0.29) is 17.4 Å². The summed E-state index contributed by atoms with van der Waals surface area (Å²) in [5, 5.41) is 14.0. The lowest BCUT2D eigenvalue weighted by Gasteiger charge is -2.36. The van der Waals surface area contributed by atoms with E-state index in [0.29, 0.717) is 49.5 Å². The summed E-state index contributed by atoms with van der Waals surface area (Å²) in [6, 6.07) is 12.7. The predicted octanol–water partition coefficient (Wildman–Crippen LogP) is 3.85. The van der Waals surface area contributed by atoms with E-state index in [1.807, 2.05) is 12.1 Å². The lowest BCUT2D eigenvalue weighted by molar-refractivity contribution is -0.274. The smallest absolute Gasteiger partial charge is 0.506 e. The number of nitrogens with two attached hydrogens (primary N) is 1. The summed E-state index contributed by atoms with van der Waals surface area (Å²) in [5.74, 6) is 0.0246. The number of aromatic nitrogens is 1. The zero-order valence-electron chi connectivity index (χ0n) is 16.5. The fourth-order valence-corrected chi connectivity index (χ4v) is 3.64. The van der Waals surface area contributed by atoms with Crippen molar-refractivity contribution in [3.8, 4) is 22.8 Å². The van der Waals surface area contributed by atoms with Gasteiger partial charge in [0.2, 0.25) is 5.88 Å². The van der Waals surface area contributed by atoms with Crippen molar-refractivity contribution in [1.82, 2.24) is 10.1 Å². The van der Waals surface area contributed by atoms with Crippen molar-refractivity contribution < 1.29 is 27.5 Å². The third-order valence-corrected chi connectivity index (χ3v) is 5.14. The Hall–Kier alpha value is -3.40. The predicted molar refractivity (Wildman–Crippen MR) is 109 cm³/mol. The van der Waals surface area contributed by atoms with E-state index in [4.69, 9.17) is 10.3 Å². The molecule has 3 N–H and O–H groups in total. The van der Waals surface area contributed by atoms with E-state index in [1.54, 1.807) is 18.2 Å². The van der Waals surface area contributed by atoms with Crippen LogP contribution in [0.15, 0.2) is 53.1 Å². The van der Waals surface area contributed by atoms with E-state index in [0.717, 1.165) is 5.69 Å². The first-order chi connectivity index (χ1) is 14.8. The zero-order valence-corrected chi connectivity index (χ0v) is 16.5. The molecule has 0 saturated carbocycles. The quantitative estimate of drug-likeness (QED) is 0.631. The Morgan fingerprint density at radius 2 is 1.81 bits per heavy atom. The van der Waals surface area contributed by atoms with Gasteiger partial charge < -0.3 is 25.0 Å². The Kier molecular flexibility index (Phi) is 5.64. The highest BCUT2D eigenvalue weighted by atomic mass is 19.4. The Morgan fingerprint density at radius 1 is 1.06 bits per heavy atom. The zero-order chi connectivity index (χ0) is 22.0. The summed E-state index contributed by atoms with van der Waals surface area (Å²) >= 11 is 0. The highest BCUT2D eigenvalue weighted by Crippen LogP contribution is 2.33. The fraction of sp³-hybridized carbons (Fsp3) is 0.286. The van der Waals surface area contributed by atoms with Crippen LogP contribution in [0.4, 0.5) is 24.7 Å². The van der Waals surface area contributed by atoms with Gasteiger partial charge in [-0.25, -0.2) is 0 Å². The molecule has 7 nitrogen and oxygen atoms in total. The number of benzene rings is 2. The first-order valence-corrected chi connectivity index (χ1v) is 9.65. The van der Waals surface area contributed by atoms with Gasteiger partial charge in [-0.3, -0.25) is 4.90 Å². The molecule has 31 heavy (non-hydrogen) atoms. The van der Waals surface area contributed by atoms with Gasteiger partial charge in [0.1, 0.15) is 17.2 Å². The van der Waals surface area contributed by atoms with Crippen molar-refractivity contribution in [1.29, 1.82) is 0 Å². The number of phenols is 1. The molecule has 0 amide bonds. The number of hydrogen-bond donors (Lipinski definition) is 2. The number of para-hydroxylation sites is 2. The van der Waals surface area contributed by atoms with Crippen LogP contribution in [0.5, 0.6) is 11.5 Å². The summed E-state index contributed by atoms with van der Waals surface area (Å²) < 4.78 is 46.8. The lowest BCUT2D eigenvalue weighted by atomic mass is 10.1. The Morgan fingerprint density at radius 3 is 2.52 bits per heavy atom. The third-order valence-electron chi connectivity index (χ3n) is 5.14. The molecule has 1 fully saturated rings. The van der Waals surface area contributed by atoms with E-state index < -0.39 is 6.36 Å². The van der Waals surface area contributed by atoms with Gasteiger partial charge in [0.25, 0.3) is 0 Å². The molecule has 164 valence electrons. The van der Waals surface area contributed by atoms with Crippen LogP contribution in [0.25, 0.3) is 11.3 Å². The number of piperazine rings is 1. The largest absolute Gasteiger partial charge is 0.573 e. The molecule has 0 unspecified atom stereocenters. The van der Waals surface area contributed by atoms with Crippen molar-refractivity contribution in [2.24, 2.45) is 0 Å². The summed E-state index contributed by atoms with van der Waals surface area (Å²) in [6.45, 7) is 3.24. The number of rotatable bonds is 5. The van der Waals surface area contributed by atoms with Gasteiger partial charge in [-0.15, -0.1) is 13.2 Å². The van der Waals surface area contributed by atoms with Gasteiger partial charge in [-0.05, 0) is 24.3 Å². The molecule has 2 aromatic carbocycles. The van der Waals surface area contributed by atoms with Crippen LogP contribution in [-0.2, 0) is 6.54 Å². The van der Waals surface area contributed by atoms with E-state index in [9.17, 15) is 18.3 Å². The highest BCUT2D eigenvalue weighted by molar-refractivity contribution is 5.68. The van der Waals surface area contributed by atoms with E-state index >= 15 is 0 Å². The molecule has 10 heteroatoms. The van der Waals surface area contributed by atoms with Gasteiger partial charge >= 0.3 is 6.36 Å². The summed E-state index contributed by atoms with van der Waals surface area (Å²) in [7, 11) is 0. The minimum absolute atomic E-state index is 0.125. The Bertz CT molecular complexity index is 1050. The fourth-order valence-electron chi connectivity index (χ4n) is 3.64. The topological polar surface area (TPSA) is 88.0 Å². The number of nitrogen functional groups attached to an aromatic ring is 1. The van der Waals surface area contributed by atoms with Gasteiger partial charge in [0.15, 0.2) is 0 Å². The second kappa shape index (κ2) is 8.38. The van der Waals surface area contributed by atoms with Crippen molar-refractivity contribution >= 4 is 11.6 Å². The molecule has 0 spiro atoms. The van der Waals surface area contributed by atoms with Crippen LogP contribution in [0.1, 0.15) is 5.56 Å². The molecule has 1 aromatic heterocycles. The van der Waals surface area contributed by atoms with Crippen molar-refractivity contribution in [3.05, 3.63) is 54.1 Å². The number of ether oxygens (including phenoxy) is 1. The van der Waals surface area contributed by atoms with Crippen molar-refractivity contribution in [3.63, 3.8) is 0 Å². The van der Waals surface area contributed by atoms with E-state index in [2.05, 4.69) is 19.7 Å². The standard InChI is InChI=1S/C21H21F3N4O3/c22-21(23,24)30-15-5-3-4-14(12-15)19-16(20(25)31-26-19)13-27-8-10-28(11-9-27)17-6-1-2-7-18(17)29/h1-7,12,29H,8-11,13,25H2. The molecule has 1 saturated heterocycles. The van der Waals surface area contributed by atoms with Crippen LogP contribution >= 0.6 is 0 Å². The molecule has 0 bridgehead atoms. The van der Waals surface area contributed by atoms with Crippen LogP contribution in [0.3, 0.4) is 0 Å². The number of nitrogens with zero attached hydrogens (tertiary/aromatic N) is 3. The second-order valence-electron chi connectivity index (χ2n) is 7.20. The van der Waals surface area contributed by atoms with Crippen molar-refractivity contribution in [2.45, 2.75) is 12.9 Å². The van der Waals surface area contributed by atoms with E-state index in [1.165, 1.54) is 18.2 Å². The second-order valence-corrected chi connectivity index (χ2v) is 7.20. The molecule has 0 radical (unpaired) electrons. The Labute approximate surface area is 176 Å². The SMILES string of the molecule is Nc1onc(-c2cccc(OC(F)(F)F)c2)c1CN1CCN(c2ccccc2O)CC1. The number of halogens is 3. The Balaban J connectivity index is 1.47. The van der Waals surface area contributed by atoms with Crippen molar-refractivity contribution in [2.75, 3.05) is 36.8 Å². The maximum atomic E-state index is 12.5. The van der Waals surface area contributed by atoms with Gasteiger partial charge in [0, 0.05) is 38.3 Å². The number of anilines is 2. The molecule has 2 heterocycles. The molecule has 0 aliphatic carbocycles. The highest BCUT2D eigenvalue weighted by Gasteiger charge is 2.31. The molecular weight excluding hydrogens is 413 g/mol. The number of hydrogen-bond acceptors (Lipinski definition) is 7. The maximum Gasteiger partial charge on any atom is 0.573 e. The van der Waals surface area contributed by atoms with Gasteiger partial charge in [0.05, 0.1) is 11.3 Å². The first kappa shape index (κ1) is 20.9. The molecular formula is C21H21F3N4O3. The van der Waals surface area contributed by atoms with Gasteiger partial charge in [-0.2, -0.15) is 0 Å². The van der Waals surface area contributed by atoms with Crippen LogP contribution < -0.4 is 15.4 Å². The van der Waals surface area contributed by atoms with Crippen LogP contribution in [-0.4, -0.2) is 47.7 Å². The summed E-state index contributed by atoms with van der Waals surface area (Å²) in [5.41, 5.74) is 8.16. The molecule has 1 aliphatic heterocycles. The molecule has 0 atom stereocenters. The average Bonchev–Trinajstić information content (AvgIpc) is 3.08. The number of phenolic OH excluding ortho intramolecular Hbond substituents is 1. The molecule has 1 aliphatic rings. The third kappa shape index (κ3) is 4.85. The maximum absolute atomic E-state index is 12.5. The molecule has 3 aromatic rings. The summed E-state index contributed by atoms with van der Waals surface area (Å²) in [6.07, 6.45) is -4.78.